The van der Waals surface area contributed by atoms with Crippen molar-refractivity contribution >= 4 is 17.4 Å². The third-order valence-corrected chi connectivity index (χ3v) is 4.64. The Labute approximate surface area is 106 Å². The Balaban J connectivity index is 1.80. The van der Waals surface area contributed by atoms with Gasteiger partial charge >= 0.3 is 0 Å². The Bertz CT molecular complexity index is 396. The second-order valence-electron chi connectivity index (χ2n) is 4.97. The van der Waals surface area contributed by atoms with E-state index in [9.17, 15) is 5.11 Å². The van der Waals surface area contributed by atoms with Crippen molar-refractivity contribution in [1.29, 1.82) is 0 Å². The summed E-state index contributed by atoms with van der Waals surface area (Å²) in [5.74, 6) is 1.10. The molecule has 0 aromatic carbocycles. The third-order valence-electron chi connectivity index (χ3n) is 3.82. The first-order valence-electron chi connectivity index (χ1n) is 6.44. The molecule has 17 heavy (non-hydrogen) atoms. The molecule has 3 atom stereocenters. The molecule has 0 amide bonds. The van der Waals surface area contributed by atoms with Crippen molar-refractivity contribution in [3.63, 3.8) is 0 Å². The average Bonchev–Trinajstić information content (AvgIpc) is 2.85. The number of hydrogen-bond acceptors (Lipinski definition) is 3. The lowest BCUT2D eigenvalue weighted by atomic mass is 9.93. The molecule has 1 aromatic heterocycles. The van der Waals surface area contributed by atoms with E-state index >= 15 is 0 Å². The molecule has 2 aliphatic rings. The number of thiophene rings is 1. The number of ether oxygens (including phenoxy) is 1. The molecule has 0 bridgehead atoms. The van der Waals surface area contributed by atoms with Crippen LogP contribution in [0, 0.1) is 5.92 Å². The van der Waals surface area contributed by atoms with Crippen LogP contribution in [0.4, 0.5) is 0 Å². The smallest absolute Gasteiger partial charge is 0.127 e. The second-order valence-corrected chi connectivity index (χ2v) is 5.94. The highest BCUT2D eigenvalue weighted by molar-refractivity contribution is 7.10. The number of hydrogen-bond donors (Lipinski definition) is 1. The lowest BCUT2D eigenvalue weighted by Gasteiger charge is -2.14. The fraction of sp³-hybridized carbons (Fsp3) is 0.571. The molecule has 3 heteroatoms. The summed E-state index contributed by atoms with van der Waals surface area (Å²) < 4.78 is 5.95. The fourth-order valence-electron chi connectivity index (χ4n) is 2.90. The number of rotatable bonds is 1. The Morgan fingerprint density at radius 1 is 1.29 bits per heavy atom. The average molecular weight is 250 g/mol. The molecule has 1 aromatic rings. The Morgan fingerprint density at radius 2 is 2.18 bits per heavy atom. The molecule has 2 nitrogen and oxygen atoms in total. The highest BCUT2D eigenvalue weighted by Crippen LogP contribution is 2.39. The molecule has 2 fully saturated rings. The topological polar surface area (TPSA) is 29.5 Å². The van der Waals surface area contributed by atoms with Crippen LogP contribution in [-0.2, 0) is 4.74 Å². The van der Waals surface area contributed by atoms with Crippen LogP contribution in [0.1, 0.15) is 37.0 Å². The van der Waals surface area contributed by atoms with E-state index in [2.05, 4.69) is 6.07 Å². The van der Waals surface area contributed by atoms with Crippen molar-refractivity contribution in [1.82, 2.24) is 0 Å². The van der Waals surface area contributed by atoms with Crippen LogP contribution in [0.3, 0.4) is 0 Å². The van der Waals surface area contributed by atoms with Crippen LogP contribution in [-0.4, -0.2) is 17.3 Å². The maximum Gasteiger partial charge on any atom is 0.127 e. The van der Waals surface area contributed by atoms with Gasteiger partial charge in [-0.2, -0.15) is 0 Å². The van der Waals surface area contributed by atoms with Crippen LogP contribution >= 0.6 is 11.3 Å². The molecule has 0 radical (unpaired) electrons. The number of aliphatic hydroxyl groups excluding tert-OH is 1. The molecule has 3 unspecified atom stereocenters. The van der Waals surface area contributed by atoms with Crippen LogP contribution in [0.15, 0.2) is 23.3 Å². The maximum absolute atomic E-state index is 10.3. The zero-order valence-electron chi connectivity index (χ0n) is 9.84. The van der Waals surface area contributed by atoms with Gasteiger partial charge in [0.2, 0.25) is 0 Å². The van der Waals surface area contributed by atoms with Crippen LogP contribution in [0.5, 0.6) is 0 Å². The summed E-state index contributed by atoms with van der Waals surface area (Å²) in [6.45, 7) is 0. The monoisotopic (exact) mass is 250 g/mol. The second kappa shape index (κ2) is 4.83. The minimum absolute atomic E-state index is 0.249. The van der Waals surface area contributed by atoms with Gasteiger partial charge < -0.3 is 9.84 Å². The van der Waals surface area contributed by atoms with Crippen molar-refractivity contribution in [2.75, 3.05) is 0 Å². The number of aliphatic hydroxyl groups is 1. The molecule has 1 N–H and O–H groups in total. The summed E-state index contributed by atoms with van der Waals surface area (Å²) >= 11 is 1.68. The largest absolute Gasteiger partial charge is 0.492 e. The van der Waals surface area contributed by atoms with Gasteiger partial charge in [-0.1, -0.05) is 18.9 Å². The molecule has 1 saturated heterocycles. The molecule has 1 aliphatic heterocycles. The van der Waals surface area contributed by atoms with E-state index < -0.39 is 0 Å². The number of fused-ring (bicyclic) bond motifs is 1. The normalized spacial score (nSPS) is 35.4. The summed E-state index contributed by atoms with van der Waals surface area (Å²) in [7, 11) is 0. The van der Waals surface area contributed by atoms with Crippen molar-refractivity contribution < 1.29 is 9.84 Å². The highest BCUT2D eigenvalue weighted by Gasteiger charge is 2.40. The van der Waals surface area contributed by atoms with Crippen molar-refractivity contribution in [3.05, 3.63) is 28.1 Å². The van der Waals surface area contributed by atoms with Gasteiger partial charge in [-0.15, -0.1) is 11.3 Å². The zero-order chi connectivity index (χ0) is 11.7. The van der Waals surface area contributed by atoms with Gasteiger partial charge in [0, 0.05) is 10.8 Å². The minimum atomic E-state index is -0.389. The van der Waals surface area contributed by atoms with Gasteiger partial charge in [-0.25, -0.2) is 0 Å². The molecular weight excluding hydrogens is 232 g/mol. The first kappa shape index (κ1) is 11.3. The summed E-state index contributed by atoms with van der Waals surface area (Å²) in [4.78, 5) is 1.16. The molecule has 1 aliphatic carbocycles. The third kappa shape index (κ3) is 2.26. The SMILES string of the molecule is OC1/C(=C/c2cccs2)OC2CCCCCC21. The molecule has 1 saturated carbocycles. The van der Waals surface area contributed by atoms with Crippen LogP contribution in [0.2, 0.25) is 0 Å². The summed E-state index contributed by atoms with van der Waals surface area (Å²) in [5.41, 5.74) is 0. The quantitative estimate of drug-likeness (QED) is 0.827. The van der Waals surface area contributed by atoms with Crippen LogP contribution in [0.25, 0.3) is 6.08 Å². The predicted molar refractivity (Wildman–Crippen MR) is 69.8 cm³/mol. The fourth-order valence-corrected chi connectivity index (χ4v) is 3.55. The lowest BCUT2D eigenvalue weighted by Crippen LogP contribution is -2.22. The molecule has 92 valence electrons. The van der Waals surface area contributed by atoms with E-state index in [0.29, 0.717) is 5.92 Å². The van der Waals surface area contributed by atoms with E-state index in [1.807, 2.05) is 17.5 Å². The van der Waals surface area contributed by atoms with E-state index in [1.165, 1.54) is 19.3 Å². The standard InChI is InChI=1S/C14H18O2S/c15-14-11-6-2-1-3-7-12(11)16-13(14)9-10-5-4-8-17-10/h4-5,8-9,11-12,14-15H,1-3,6-7H2/b13-9-. The summed E-state index contributed by atoms with van der Waals surface area (Å²) in [6, 6.07) is 4.08. The van der Waals surface area contributed by atoms with Gasteiger partial charge in [0.15, 0.2) is 0 Å². The van der Waals surface area contributed by atoms with Crippen molar-refractivity contribution in [2.24, 2.45) is 5.92 Å². The van der Waals surface area contributed by atoms with E-state index in [0.717, 1.165) is 23.5 Å². The van der Waals surface area contributed by atoms with Gasteiger partial charge in [0.25, 0.3) is 0 Å². The summed E-state index contributed by atoms with van der Waals surface area (Å²) in [5, 5.41) is 12.4. The highest BCUT2D eigenvalue weighted by atomic mass is 32.1. The molecule has 2 heterocycles. The van der Waals surface area contributed by atoms with E-state index in [4.69, 9.17) is 4.74 Å². The van der Waals surface area contributed by atoms with E-state index in [-0.39, 0.29) is 12.2 Å². The molecule has 3 rings (SSSR count). The Kier molecular flexibility index (Phi) is 3.21. The first-order valence-corrected chi connectivity index (χ1v) is 7.32. The van der Waals surface area contributed by atoms with Crippen molar-refractivity contribution in [2.45, 2.75) is 44.3 Å². The first-order chi connectivity index (χ1) is 8.34. The summed E-state index contributed by atoms with van der Waals surface area (Å²) in [6.07, 6.45) is 7.82. The van der Waals surface area contributed by atoms with Gasteiger partial charge in [0.05, 0.1) is 0 Å². The van der Waals surface area contributed by atoms with Gasteiger partial charge in [0.1, 0.15) is 18.0 Å². The van der Waals surface area contributed by atoms with Gasteiger partial charge in [-0.05, 0) is 36.8 Å². The minimum Gasteiger partial charge on any atom is -0.492 e. The lowest BCUT2D eigenvalue weighted by molar-refractivity contribution is 0.118. The maximum atomic E-state index is 10.3. The van der Waals surface area contributed by atoms with Crippen molar-refractivity contribution in [3.8, 4) is 0 Å². The molecule has 0 spiro atoms. The Morgan fingerprint density at radius 3 is 3.00 bits per heavy atom. The van der Waals surface area contributed by atoms with Gasteiger partial charge in [-0.3, -0.25) is 0 Å². The zero-order valence-corrected chi connectivity index (χ0v) is 10.7. The Hall–Kier alpha value is -0.800. The predicted octanol–water partition coefficient (Wildman–Crippen LogP) is 3.43. The van der Waals surface area contributed by atoms with E-state index in [1.54, 1.807) is 11.3 Å². The molecular formula is C14H18O2S. The van der Waals surface area contributed by atoms with Crippen LogP contribution < -0.4 is 0 Å².